The summed E-state index contributed by atoms with van der Waals surface area (Å²) < 4.78 is 8.01. The zero-order valence-corrected chi connectivity index (χ0v) is 18.7. The largest absolute Gasteiger partial charge is 0.444 e. The van der Waals surface area contributed by atoms with Crippen molar-refractivity contribution in [2.24, 2.45) is 5.41 Å². The highest BCUT2D eigenvalue weighted by molar-refractivity contribution is 9.10. The van der Waals surface area contributed by atoms with Gasteiger partial charge in [0.1, 0.15) is 5.60 Å². The van der Waals surface area contributed by atoms with Gasteiger partial charge in [0.05, 0.1) is 0 Å². The lowest BCUT2D eigenvalue weighted by Crippen LogP contribution is -2.45. The summed E-state index contributed by atoms with van der Waals surface area (Å²) >= 11 is 5.49. The van der Waals surface area contributed by atoms with E-state index in [1.165, 1.54) is 20.5 Å². The number of piperidine rings is 1. The van der Waals surface area contributed by atoms with Crippen LogP contribution in [-0.4, -0.2) is 29.7 Å². The molecule has 1 aromatic heterocycles. The Morgan fingerprint density at radius 2 is 1.96 bits per heavy atom. The molecule has 0 aliphatic carbocycles. The van der Waals surface area contributed by atoms with E-state index in [-0.39, 0.29) is 11.5 Å². The maximum absolute atomic E-state index is 12.3. The third-order valence-corrected chi connectivity index (χ3v) is 6.97. The van der Waals surface area contributed by atoms with Gasteiger partial charge in [0.25, 0.3) is 0 Å². The average molecular weight is 438 g/mol. The monoisotopic (exact) mass is 437 g/mol. The van der Waals surface area contributed by atoms with Crippen LogP contribution >= 0.6 is 27.3 Å². The molecule has 0 saturated carbocycles. The Hall–Kier alpha value is -1.07. The number of likely N-dealkylation sites (tertiary alicyclic amines) is 1. The van der Waals surface area contributed by atoms with Gasteiger partial charge >= 0.3 is 6.09 Å². The zero-order chi connectivity index (χ0) is 19.1. The zero-order valence-electron chi connectivity index (χ0n) is 16.3. The highest BCUT2D eigenvalue weighted by atomic mass is 79.9. The number of hydrogen-bond donors (Lipinski definition) is 0. The molecule has 1 aliphatic heterocycles. The summed E-state index contributed by atoms with van der Waals surface area (Å²) in [6.45, 7) is 11.9. The van der Waals surface area contributed by atoms with Crippen molar-refractivity contribution in [3.05, 3.63) is 33.1 Å². The van der Waals surface area contributed by atoms with Gasteiger partial charge in [-0.1, -0.05) is 22.9 Å². The average Bonchev–Trinajstić information content (AvgIpc) is 2.82. The molecule has 1 aliphatic rings. The van der Waals surface area contributed by atoms with Crippen molar-refractivity contribution in [1.82, 2.24) is 4.90 Å². The van der Waals surface area contributed by atoms with E-state index in [9.17, 15) is 4.79 Å². The van der Waals surface area contributed by atoms with Gasteiger partial charge < -0.3 is 9.64 Å². The number of carbonyl (C=O) groups excluding carboxylic acids is 1. The number of aryl methyl sites for hydroxylation is 1. The molecule has 1 fully saturated rings. The third kappa shape index (κ3) is 4.42. The first-order valence-corrected chi connectivity index (χ1v) is 10.8. The van der Waals surface area contributed by atoms with Gasteiger partial charge in [-0.05, 0) is 81.5 Å². The van der Waals surface area contributed by atoms with Crippen molar-refractivity contribution in [2.45, 2.75) is 59.5 Å². The van der Waals surface area contributed by atoms with Crippen LogP contribution in [0, 0.1) is 12.3 Å². The predicted molar refractivity (Wildman–Crippen MR) is 113 cm³/mol. The van der Waals surface area contributed by atoms with Crippen molar-refractivity contribution in [3.63, 3.8) is 0 Å². The molecule has 0 atom stereocenters. The highest BCUT2D eigenvalue weighted by Crippen LogP contribution is 2.40. The van der Waals surface area contributed by atoms with Crippen LogP contribution in [0.15, 0.2) is 22.7 Å². The fourth-order valence-electron chi connectivity index (χ4n) is 3.53. The Balaban J connectivity index is 1.68. The molecule has 2 aromatic rings. The number of nitrogens with zero attached hydrogens (tertiary/aromatic N) is 1. The molecule has 0 radical (unpaired) electrons. The van der Waals surface area contributed by atoms with Crippen LogP contribution in [0.2, 0.25) is 0 Å². The Labute approximate surface area is 168 Å². The first-order chi connectivity index (χ1) is 12.1. The molecule has 142 valence electrons. The van der Waals surface area contributed by atoms with Gasteiger partial charge in [-0.25, -0.2) is 4.79 Å². The predicted octanol–water partition coefficient (Wildman–Crippen LogP) is 6.55. The number of rotatable bonds is 2. The van der Waals surface area contributed by atoms with Gasteiger partial charge in [-0.15, -0.1) is 11.3 Å². The van der Waals surface area contributed by atoms with E-state index in [4.69, 9.17) is 4.74 Å². The summed E-state index contributed by atoms with van der Waals surface area (Å²) in [5.74, 6) is 0. The number of fused-ring (bicyclic) bond motifs is 1. The number of halogens is 1. The Bertz CT molecular complexity index is 813. The summed E-state index contributed by atoms with van der Waals surface area (Å²) in [5, 5.41) is 1.36. The van der Waals surface area contributed by atoms with Crippen LogP contribution in [0.1, 0.15) is 51.0 Å². The van der Waals surface area contributed by atoms with Crippen molar-refractivity contribution in [3.8, 4) is 0 Å². The van der Waals surface area contributed by atoms with Crippen molar-refractivity contribution >= 4 is 43.4 Å². The van der Waals surface area contributed by atoms with Crippen LogP contribution in [0.25, 0.3) is 10.1 Å². The SMILES string of the molecule is Cc1c(CC2(C)CCN(C(=O)OC(C)(C)C)CC2)sc2ccc(Br)cc12. The normalized spacial score (nSPS) is 17.5. The molecule has 5 heteroatoms. The summed E-state index contributed by atoms with van der Waals surface area (Å²) in [6, 6.07) is 6.54. The Kier molecular flexibility index (Phi) is 5.42. The topological polar surface area (TPSA) is 29.5 Å². The van der Waals surface area contributed by atoms with E-state index in [0.29, 0.717) is 0 Å². The molecule has 3 nitrogen and oxygen atoms in total. The summed E-state index contributed by atoms with van der Waals surface area (Å²) in [6.07, 6.45) is 2.94. The first kappa shape index (κ1) is 19.7. The number of ether oxygens (including phenoxy) is 1. The smallest absolute Gasteiger partial charge is 0.410 e. The maximum atomic E-state index is 12.3. The lowest BCUT2D eigenvalue weighted by atomic mass is 9.77. The number of benzene rings is 1. The van der Waals surface area contributed by atoms with E-state index in [1.54, 1.807) is 0 Å². The van der Waals surface area contributed by atoms with E-state index >= 15 is 0 Å². The lowest BCUT2D eigenvalue weighted by Gasteiger charge is -2.39. The Morgan fingerprint density at radius 1 is 1.31 bits per heavy atom. The van der Waals surface area contributed by atoms with Crippen LogP contribution in [0.5, 0.6) is 0 Å². The number of carbonyl (C=O) groups is 1. The molecule has 0 spiro atoms. The number of thiophene rings is 1. The first-order valence-electron chi connectivity index (χ1n) is 9.22. The molecule has 1 amide bonds. The minimum atomic E-state index is -0.430. The molecule has 0 unspecified atom stereocenters. The molecule has 2 heterocycles. The molecular weight excluding hydrogens is 410 g/mol. The van der Waals surface area contributed by atoms with Crippen LogP contribution < -0.4 is 0 Å². The quantitative estimate of drug-likeness (QED) is 0.532. The van der Waals surface area contributed by atoms with Crippen LogP contribution in [-0.2, 0) is 11.2 Å². The fourth-order valence-corrected chi connectivity index (χ4v) is 5.30. The number of hydrogen-bond acceptors (Lipinski definition) is 3. The molecule has 1 aromatic carbocycles. The molecule has 26 heavy (non-hydrogen) atoms. The Morgan fingerprint density at radius 3 is 2.58 bits per heavy atom. The molecule has 1 saturated heterocycles. The maximum Gasteiger partial charge on any atom is 0.410 e. The van der Waals surface area contributed by atoms with Crippen LogP contribution in [0.3, 0.4) is 0 Å². The second-order valence-electron chi connectivity index (χ2n) is 8.75. The van der Waals surface area contributed by atoms with Gasteiger partial charge in [0.2, 0.25) is 0 Å². The number of amides is 1. The second kappa shape index (κ2) is 7.16. The summed E-state index contributed by atoms with van der Waals surface area (Å²) in [5.41, 5.74) is 1.21. The summed E-state index contributed by atoms with van der Waals surface area (Å²) in [7, 11) is 0. The minimum absolute atomic E-state index is 0.178. The fraction of sp³-hybridized carbons (Fsp3) is 0.571. The van der Waals surface area contributed by atoms with E-state index < -0.39 is 5.60 Å². The van der Waals surface area contributed by atoms with Gasteiger partial charge in [0, 0.05) is 27.1 Å². The molecule has 0 bridgehead atoms. The van der Waals surface area contributed by atoms with Gasteiger partial charge in [0.15, 0.2) is 0 Å². The van der Waals surface area contributed by atoms with E-state index in [0.717, 1.165) is 36.8 Å². The lowest BCUT2D eigenvalue weighted by molar-refractivity contribution is 0.0120. The molecular formula is C21H28BrNO2S. The van der Waals surface area contributed by atoms with Crippen LogP contribution in [0.4, 0.5) is 4.79 Å². The third-order valence-electron chi connectivity index (χ3n) is 5.21. The molecule has 3 rings (SSSR count). The summed E-state index contributed by atoms with van der Waals surface area (Å²) in [4.78, 5) is 15.6. The van der Waals surface area contributed by atoms with E-state index in [2.05, 4.69) is 48.0 Å². The minimum Gasteiger partial charge on any atom is -0.444 e. The van der Waals surface area contributed by atoms with Crippen molar-refractivity contribution < 1.29 is 9.53 Å². The second-order valence-corrected chi connectivity index (χ2v) is 10.8. The van der Waals surface area contributed by atoms with Gasteiger partial charge in [-0.2, -0.15) is 0 Å². The van der Waals surface area contributed by atoms with Crippen molar-refractivity contribution in [1.29, 1.82) is 0 Å². The highest BCUT2D eigenvalue weighted by Gasteiger charge is 2.34. The van der Waals surface area contributed by atoms with Crippen molar-refractivity contribution in [2.75, 3.05) is 13.1 Å². The molecule has 0 N–H and O–H groups in total. The van der Waals surface area contributed by atoms with Gasteiger partial charge in [-0.3, -0.25) is 0 Å². The standard InChI is InChI=1S/C21H28BrNO2S/c1-14-16-12-15(22)6-7-17(16)26-18(14)13-21(5)8-10-23(11-9-21)19(24)25-20(2,3)4/h6-7,12H,8-11,13H2,1-5H3. The van der Waals surface area contributed by atoms with E-state index in [1.807, 2.05) is 37.0 Å².